The molecule has 4 nitrogen and oxygen atoms in total. The second kappa shape index (κ2) is 5.15. The van der Waals surface area contributed by atoms with Gasteiger partial charge in [0.05, 0.1) is 6.10 Å². The Bertz CT molecular complexity index is 257. The van der Waals surface area contributed by atoms with Gasteiger partial charge in [0.25, 0.3) is 0 Å². The molecule has 0 aromatic carbocycles. The summed E-state index contributed by atoms with van der Waals surface area (Å²) in [5.41, 5.74) is 5.72. The Kier molecular flexibility index (Phi) is 3.82. The van der Waals surface area contributed by atoms with Crippen molar-refractivity contribution in [1.29, 1.82) is 0 Å². The fourth-order valence-corrected chi connectivity index (χ4v) is 3.00. The lowest BCUT2D eigenvalue weighted by molar-refractivity contribution is -0.135. The van der Waals surface area contributed by atoms with Crippen molar-refractivity contribution in [2.75, 3.05) is 26.7 Å². The van der Waals surface area contributed by atoms with Crippen LogP contribution in [-0.2, 0) is 9.53 Å². The minimum absolute atomic E-state index is 0.181. The molecule has 0 radical (unpaired) electrons. The van der Waals surface area contributed by atoms with E-state index in [1.54, 1.807) is 7.11 Å². The van der Waals surface area contributed by atoms with Gasteiger partial charge in [-0.2, -0.15) is 0 Å². The predicted octanol–water partition coefficient (Wildman–Crippen LogP) is 0.609. The van der Waals surface area contributed by atoms with E-state index in [0.717, 1.165) is 38.8 Å². The molecule has 2 aliphatic rings. The fourth-order valence-electron chi connectivity index (χ4n) is 3.00. The molecule has 0 aromatic heterocycles. The third kappa shape index (κ3) is 2.23. The van der Waals surface area contributed by atoms with Crippen molar-refractivity contribution < 1.29 is 9.53 Å². The standard InChI is InChI=1S/C12H22N2O2/c1-16-10-5-6-14(8-10)12(15)11-4-2-3-9(11)7-13/h9-11H,2-8,13H2,1H3. The number of rotatable bonds is 3. The lowest BCUT2D eigenvalue weighted by atomic mass is 9.95. The second-order valence-corrected chi connectivity index (χ2v) is 4.96. The molecule has 0 aromatic rings. The van der Waals surface area contributed by atoms with Gasteiger partial charge in [-0.25, -0.2) is 0 Å². The van der Waals surface area contributed by atoms with Gasteiger partial charge in [-0.15, -0.1) is 0 Å². The Morgan fingerprint density at radius 1 is 1.44 bits per heavy atom. The molecule has 1 aliphatic heterocycles. The lowest BCUT2D eigenvalue weighted by Gasteiger charge is -2.24. The summed E-state index contributed by atoms with van der Waals surface area (Å²) in [6, 6.07) is 0. The van der Waals surface area contributed by atoms with Crippen molar-refractivity contribution in [1.82, 2.24) is 4.90 Å². The van der Waals surface area contributed by atoms with Gasteiger partial charge in [0.2, 0.25) is 5.91 Å². The zero-order valence-electron chi connectivity index (χ0n) is 10.0. The molecule has 1 saturated carbocycles. The molecule has 2 fully saturated rings. The van der Waals surface area contributed by atoms with E-state index >= 15 is 0 Å². The monoisotopic (exact) mass is 226 g/mol. The van der Waals surface area contributed by atoms with Crippen LogP contribution < -0.4 is 5.73 Å². The summed E-state index contributed by atoms with van der Waals surface area (Å²) in [6.45, 7) is 2.27. The van der Waals surface area contributed by atoms with Gasteiger partial charge in [0.15, 0.2) is 0 Å². The first-order chi connectivity index (χ1) is 7.76. The number of hydrogen-bond donors (Lipinski definition) is 1. The molecule has 3 atom stereocenters. The molecule has 0 spiro atoms. The SMILES string of the molecule is COC1CCN(C(=O)C2CCCC2CN)C1. The molecule has 2 N–H and O–H groups in total. The first kappa shape index (κ1) is 11.9. The van der Waals surface area contributed by atoms with Crippen LogP contribution in [0.25, 0.3) is 0 Å². The van der Waals surface area contributed by atoms with Crippen LogP contribution in [0, 0.1) is 11.8 Å². The van der Waals surface area contributed by atoms with Crippen LogP contribution in [0.4, 0.5) is 0 Å². The van der Waals surface area contributed by atoms with Gasteiger partial charge in [0.1, 0.15) is 0 Å². The summed E-state index contributed by atoms with van der Waals surface area (Å²) >= 11 is 0. The minimum Gasteiger partial charge on any atom is -0.380 e. The summed E-state index contributed by atoms with van der Waals surface area (Å²) in [5, 5.41) is 0. The van der Waals surface area contributed by atoms with Gasteiger partial charge in [-0.3, -0.25) is 4.79 Å². The van der Waals surface area contributed by atoms with Crippen molar-refractivity contribution >= 4 is 5.91 Å². The Labute approximate surface area is 97.1 Å². The highest BCUT2D eigenvalue weighted by atomic mass is 16.5. The van der Waals surface area contributed by atoms with Crippen molar-refractivity contribution in [3.63, 3.8) is 0 Å². The average molecular weight is 226 g/mol. The van der Waals surface area contributed by atoms with Crippen LogP contribution in [0.2, 0.25) is 0 Å². The number of methoxy groups -OCH3 is 1. The summed E-state index contributed by atoms with van der Waals surface area (Å²) in [7, 11) is 1.72. The lowest BCUT2D eigenvalue weighted by Crippen LogP contribution is -2.38. The van der Waals surface area contributed by atoms with Crippen molar-refractivity contribution in [3.05, 3.63) is 0 Å². The number of likely N-dealkylation sites (tertiary alicyclic amines) is 1. The molecular weight excluding hydrogens is 204 g/mol. The second-order valence-electron chi connectivity index (χ2n) is 4.96. The molecule has 16 heavy (non-hydrogen) atoms. The molecular formula is C12H22N2O2. The molecule has 0 bridgehead atoms. The summed E-state index contributed by atoms with van der Waals surface area (Å²) < 4.78 is 5.29. The van der Waals surface area contributed by atoms with Crippen LogP contribution >= 0.6 is 0 Å². The Morgan fingerprint density at radius 2 is 2.25 bits per heavy atom. The topological polar surface area (TPSA) is 55.6 Å². The Morgan fingerprint density at radius 3 is 2.88 bits per heavy atom. The van der Waals surface area contributed by atoms with Gasteiger partial charge in [0, 0.05) is 26.1 Å². The maximum absolute atomic E-state index is 12.3. The first-order valence-electron chi connectivity index (χ1n) is 6.28. The molecule has 3 unspecified atom stereocenters. The summed E-state index contributed by atoms with van der Waals surface area (Å²) in [6.07, 6.45) is 4.51. The molecule has 1 amide bonds. The van der Waals surface area contributed by atoms with Gasteiger partial charge >= 0.3 is 0 Å². The van der Waals surface area contributed by atoms with E-state index in [0.29, 0.717) is 18.4 Å². The normalized spacial score (nSPS) is 34.6. The quantitative estimate of drug-likeness (QED) is 0.767. The smallest absolute Gasteiger partial charge is 0.226 e. The van der Waals surface area contributed by atoms with Crippen molar-refractivity contribution in [2.24, 2.45) is 17.6 Å². The zero-order chi connectivity index (χ0) is 11.5. The average Bonchev–Trinajstić information content (AvgIpc) is 2.96. The van der Waals surface area contributed by atoms with Crippen molar-refractivity contribution in [3.8, 4) is 0 Å². The van der Waals surface area contributed by atoms with E-state index < -0.39 is 0 Å². The molecule has 1 aliphatic carbocycles. The molecule has 2 rings (SSSR count). The summed E-state index contributed by atoms with van der Waals surface area (Å²) in [4.78, 5) is 14.3. The van der Waals surface area contributed by atoms with Gasteiger partial charge in [-0.1, -0.05) is 6.42 Å². The van der Waals surface area contributed by atoms with E-state index in [4.69, 9.17) is 10.5 Å². The summed E-state index contributed by atoms with van der Waals surface area (Å²) in [5.74, 6) is 0.905. The highest BCUT2D eigenvalue weighted by molar-refractivity contribution is 5.79. The number of ether oxygens (including phenoxy) is 1. The number of hydrogen-bond acceptors (Lipinski definition) is 3. The van der Waals surface area contributed by atoms with E-state index in [2.05, 4.69) is 0 Å². The number of amides is 1. The van der Waals surface area contributed by atoms with E-state index in [-0.39, 0.29) is 12.0 Å². The third-order valence-corrected chi connectivity index (χ3v) is 4.07. The maximum atomic E-state index is 12.3. The van der Waals surface area contributed by atoms with Gasteiger partial charge in [-0.05, 0) is 31.7 Å². The zero-order valence-corrected chi connectivity index (χ0v) is 10.0. The minimum atomic E-state index is 0.181. The van der Waals surface area contributed by atoms with Crippen LogP contribution in [0.1, 0.15) is 25.7 Å². The molecule has 4 heteroatoms. The molecule has 92 valence electrons. The van der Waals surface area contributed by atoms with Crippen LogP contribution in [0.15, 0.2) is 0 Å². The predicted molar refractivity (Wildman–Crippen MR) is 61.9 cm³/mol. The highest BCUT2D eigenvalue weighted by Gasteiger charge is 2.37. The number of nitrogens with two attached hydrogens (primary N) is 1. The number of nitrogens with zero attached hydrogens (tertiary/aromatic N) is 1. The van der Waals surface area contributed by atoms with Crippen molar-refractivity contribution in [2.45, 2.75) is 31.8 Å². The molecule has 1 heterocycles. The van der Waals surface area contributed by atoms with Crippen LogP contribution in [0.5, 0.6) is 0 Å². The first-order valence-corrected chi connectivity index (χ1v) is 6.28. The number of carbonyl (C=O) groups excluding carboxylic acids is 1. The molecule has 1 saturated heterocycles. The fraction of sp³-hybridized carbons (Fsp3) is 0.917. The Balaban J connectivity index is 1.92. The largest absolute Gasteiger partial charge is 0.380 e. The maximum Gasteiger partial charge on any atom is 0.226 e. The van der Waals surface area contributed by atoms with Crippen LogP contribution in [-0.4, -0.2) is 43.7 Å². The number of carbonyl (C=O) groups is 1. The third-order valence-electron chi connectivity index (χ3n) is 4.07. The van der Waals surface area contributed by atoms with Crippen LogP contribution in [0.3, 0.4) is 0 Å². The Hall–Kier alpha value is -0.610. The van der Waals surface area contributed by atoms with E-state index in [1.807, 2.05) is 4.90 Å². The van der Waals surface area contributed by atoms with E-state index in [9.17, 15) is 4.79 Å². The highest BCUT2D eigenvalue weighted by Crippen LogP contribution is 2.33. The van der Waals surface area contributed by atoms with E-state index in [1.165, 1.54) is 0 Å². The van der Waals surface area contributed by atoms with Gasteiger partial charge < -0.3 is 15.4 Å².